The molecule has 1 N–H and O–H groups in total. The summed E-state index contributed by atoms with van der Waals surface area (Å²) in [4.78, 5) is 11.5. The van der Waals surface area contributed by atoms with Crippen LogP contribution in [0.15, 0.2) is 0 Å². The molecule has 0 amide bonds. The van der Waals surface area contributed by atoms with Gasteiger partial charge in [0.05, 0.1) is 7.11 Å². The van der Waals surface area contributed by atoms with E-state index in [1.54, 1.807) is 0 Å². The Morgan fingerprint density at radius 3 is 2.62 bits per heavy atom. The van der Waals surface area contributed by atoms with Crippen LogP contribution < -0.4 is 0 Å². The van der Waals surface area contributed by atoms with E-state index in [4.69, 9.17) is 8.92 Å². The molecule has 0 aromatic carbocycles. The van der Waals surface area contributed by atoms with Crippen molar-refractivity contribution >= 4 is 16.1 Å². The second kappa shape index (κ2) is 2.95. The number of esters is 1. The number of fused-ring (bicyclic) bond motifs is 1. The molecular formula is C8H10O7S. The lowest BCUT2D eigenvalue weighted by Gasteiger charge is -2.22. The number of methoxy groups -OCH3 is 1. The molecule has 16 heavy (non-hydrogen) atoms. The van der Waals surface area contributed by atoms with Gasteiger partial charge in [0.1, 0.15) is 35.6 Å². The van der Waals surface area contributed by atoms with Crippen LogP contribution in [-0.4, -0.2) is 56.3 Å². The Balaban J connectivity index is 2.07. The molecule has 0 aromatic rings. The predicted molar refractivity (Wildman–Crippen MR) is 47.8 cm³/mol. The molecule has 3 aliphatic heterocycles. The maximum absolute atomic E-state index is 11.6. The first-order valence-corrected chi connectivity index (χ1v) is 6.28. The van der Waals surface area contributed by atoms with Crippen LogP contribution in [0.4, 0.5) is 0 Å². The SMILES string of the molecule is COC(=O)C1C2OC3C(OS(=O)(=O)C31)C2O. The molecular weight excluding hydrogens is 240 g/mol. The van der Waals surface area contributed by atoms with Crippen molar-refractivity contribution in [3.63, 3.8) is 0 Å². The molecule has 3 aliphatic rings. The van der Waals surface area contributed by atoms with Crippen LogP contribution in [0.2, 0.25) is 0 Å². The van der Waals surface area contributed by atoms with E-state index in [1.165, 1.54) is 7.11 Å². The molecule has 3 saturated heterocycles. The lowest BCUT2D eigenvalue weighted by atomic mass is 9.85. The summed E-state index contributed by atoms with van der Waals surface area (Å²) < 4.78 is 37.8. The van der Waals surface area contributed by atoms with Gasteiger partial charge in [-0.15, -0.1) is 0 Å². The highest BCUT2D eigenvalue weighted by Gasteiger charge is 2.72. The van der Waals surface area contributed by atoms with Crippen molar-refractivity contribution in [3.05, 3.63) is 0 Å². The summed E-state index contributed by atoms with van der Waals surface area (Å²) in [5.74, 6) is -1.68. The fraction of sp³-hybridized carbons (Fsp3) is 0.875. The summed E-state index contributed by atoms with van der Waals surface area (Å²) in [7, 11) is -2.69. The zero-order valence-corrected chi connectivity index (χ0v) is 9.09. The summed E-state index contributed by atoms with van der Waals surface area (Å²) in [6.07, 6.45) is -3.57. The van der Waals surface area contributed by atoms with Crippen LogP contribution >= 0.6 is 0 Å². The van der Waals surface area contributed by atoms with Crippen LogP contribution in [-0.2, 0) is 28.6 Å². The maximum Gasteiger partial charge on any atom is 0.312 e. The highest BCUT2D eigenvalue weighted by molar-refractivity contribution is 7.87. The van der Waals surface area contributed by atoms with Gasteiger partial charge >= 0.3 is 5.97 Å². The summed E-state index contributed by atoms with van der Waals surface area (Å²) in [6.45, 7) is 0. The van der Waals surface area contributed by atoms with Crippen LogP contribution in [0.1, 0.15) is 0 Å². The monoisotopic (exact) mass is 250 g/mol. The second-order valence-electron chi connectivity index (χ2n) is 4.12. The molecule has 3 rings (SSSR count). The molecule has 6 atom stereocenters. The first kappa shape index (κ1) is 10.5. The molecule has 6 unspecified atom stereocenters. The first-order chi connectivity index (χ1) is 7.47. The molecule has 7 nitrogen and oxygen atoms in total. The van der Waals surface area contributed by atoms with E-state index in [-0.39, 0.29) is 0 Å². The van der Waals surface area contributed by atoms with Gasteiger partial charge in [0.15, 0.2) is 0 Å². The van der Waals surface area contributed by atoms with Crippen molar-refractivity contribution in [1.29, 1.82) is 0 Å². The summed E-state index contributed by atoms with van der Waals surface area (Å²) in [5.41, 5.74) is 0. The number of rotatable bonds is 1. The number of hydrogen-bond donors (Lipinski definition) is 1. The fourth-order valence-electron chi connectivity index (χ4n) is 2.75. The third-order valence-electron chi connectivity index (χ3n) is 3.39. The van der Waals surface area contributed by atoms with Gasteiger partial charge in [-0.05, 0) is 0 Å². The summed E-state index contributed by atoms with van der Waals surface area (Å²) >= 11 is 0. The van der Waals surface area contributed by atoms with Gasteiger partial charge in [-0.2, -0.15) is 8.42 Å². The molecule has 0 spiro atoms. The van der Waals surface area contributed by atoms with Gasteiger partial charge in [-0.25, -0.2) is 0 Å². The average molecular weight is 250 g/mol. The zero-order valence-electron chi connectivity index (χ0n) is 8.27. The molecule has 90 valence electrons. The Morgan fingerprint density at radius 1 is 1.31 bits per heavy atom. The lowest BCUT2D eigenvalue weighted by Crippen LogP contribution is -2.48. The Labute approximate surface area is 91.4 Å². The Hall–Kier alpha value is -0.700. The van der Waals surface area contributed by atoms with Crippen molar-refractivity contribution in [2.24, 2.45) is 5.92 Å². The van der Waals surface area contributed by atoms with Crippen LogP contribution in [0.25, 0.3) is 0 Å². The largest absolute Gasteiger partial charge is 0.469 e. The van der Waals surface area contributed by atoms with Gasteiger partial charge in [-0.1, -0.05) is 0 Å². The van der Waals surface area contributed by atoms with Crippen LogP contribution in [0.5, 0.6) is 0 Å². The highest BCUT2D eigenvalue weighted by Crippen LogP contribution is 2.50. The normalized spacial score (nSPS) is 51.9. The minimum atomic E-state index is -3.85. The van der Waals surface area contributed by atoms with Gasteiger partial charge in [0.25, 0.3) is 10.1 Å². The minimum absolute atomic E-state index is 0.691. The third-order valence-corrected chi connectivity index (χ3v) is 5.11. The number of aliphatic hydroxyl groups is 1. The van der Waals surface area contributed by atoms with Gasteiger partial charge in [-0.3, -0.25) is 8.98 Å². The second-order valence-corrected chi connectivity index (χ2v) is 5.85. The number of hydrogen-bond acceptors (Lipinski definition) is 7. The van der Waals surface area contributed by atoms with Crippen molar-refractivity contribution in [2.45, 2.75) is 29.7 Å². The Bertz CT molecular complexity index is 443. The fourth-order valence-corrected chi connectivity index (χ4v) is 4.59. The molecule has 0 radical (unpaired) electrons. The molecule has 0 aromatic heterocycles. The van der Waals surface area contributed by atoms with Gasteiger partial charge < -0.3 is 14.6 Å². The molecule has 8 heteroatoms. The topological polar surface area (TPSA) is 99.1 Å². The number of carbonyl (C=O) groups excluding carboxylic acids is 1. The quantitative estimate of drug-likeness (QED) is 0.425. The van der Waals surface area contributed by atoms with E-state index >= 15 is 0 Å². The van der Waals surface area contributed by atoms with Gasteiger partial charge in [0, 0.05) is 0 Å². The minimum Gasteiger partial charge on any atom is -0.469 e. The number of ether oxygens (including phenoxy) is 2. The molecule has 2 bridgehead atoms. The van der Waals surface area contributed by atoms with Crippen molar-refractivity contribution in [1.82, 2.24) is 0 Å². The van der Waals surface area contributed by atoms with E-state index in [0.29, 0.717) is 0 Å². The smallest absolute Gasteiger partial charge is 0.312 e. The maximum atomic E-state index is 11.6. The summed E-state index contributed by atoms with van der Waals surface area (Å²) in [6, 6.07) is 0. The average Bonchev–Trinajstić information content (AvgIpc) is 2.80. The van der Waals surface area contributed by atoms with Gasteiger partial charge in [0.2, 0.25) is 0 Å². The van der Waals surface area contributed by atoms with E-state index < -0.39 is 51.7 Å². The van der Waals surface area contributed by atoms with Crippen LogP contribution in [0.3, 0.4) is 0 Å². The standard InChI is InChI=1S/C8H10O7S/c1-13-8(10)2-4-3(9)5-6(14-4)7(2)16(11,12)15-5/h2-7,9H,1H3. The van der Waals surface area contributed by atoms with E-state index in [2.05, 4.69) is 4.74 Å². The molecule has 0 aliphatic carbocycles. The van der Waals surface area contributed by atoms with Crippen molar-refractivity contribution < 1.29 is 32.0 Å². The van der Waals surface area contributed by atoms with E-state index in [9.17, 15) is 18.3 Å². The highest BCUT2D eigenvalue weighted by atomic mass is 32.2. The summed E-state index contributed by atoms with van der Waals surface area (Å²) in [5, 5.41) is 8.69. The third kappa shape index (κ3) is 1.03. The van der Waals surface area contributed by atoms with E-state index in [1.807, 2.05) is 0 Å². The zero-order chi connectivity index (χ0) is 11.7. The molecule has 3 heterocycles. The van der Waals surface area contributed by atoms with Crippen molar-refractivity contribution in [2.75, 3.05) is 7.11 Å². The Morgan fingerprint density at radius 2 is 2.00 bits per heavy atom. The van der Waals surface area contributed by atoms with E-state index in [0.717, 1.165) is 0 Å². The van der Waals surface area contributed by atoms with Crippen molar-refractivity contribution in [3.8, 4) is 0 Å². The molecule has 3 fully saturated rings. The lowest BCUT2D eigenvalue weighted by molar-refractivity contribution is -0.148. The number of carbonyl (C=O) groups is 1. The Kier molecular flexibility index (Phi) is 1.93. The molecule has 0 saturated carbocycles. The van der Waals surface area contributed by atoms with Crippen LogP contribution in [0, 0.1) is 5.92 Å². The predicted octanol–water partition coefficient (Wildman–Crippen LogP) is -1.99. The first-order valence-electron chi connectivity index (χ1n) is 4.81. The number of aliphatic hydroxyl groups excluding tert-OH is 1.